The average molecular weight is 273 g/mol. The zero-order valence-electron chi connectivity index (χ0n) is 8.38. The number of nitrogens with one attached hydrogen (secondary N) is 1. The molecule has 0 spiro atoms. The molecule has 1 aromatic rings. The number of nitrogens with zero attached hydrogens (tertiary/aromatic N) is 1. The van der Waals surface area contributed by atoms with Gasteiger partial charge in [-0.3, -0.25) is 14.3 Å². The molecular formula is C8H8ClF3N2O3. The van der Waals surface area contributed by atoms with Crippen LogP contribution in [-0.4, -0.2) is 28.9 Å². The first-order valence-corrected chi connectivity index (χ1v) is 4.81. The number of aromatic amines is 1. The van der Waals surface area contributed by atoms with Gasteiger partial charge in [0.05, 0.1) is 13.2 Å². The minimum atomic E-state index is -4.43. The molecule has 9 heteroatoms. The Morgan fingerprint density at radius 2 is 2.06 bits per heavy atom. The molecule has 0 radical (unpaired) electrons. The molecule has 0 unspecified atom stereocenters. The Balaban J connectivity index is 2.59. The Kier molecular flexibility index (Phi) is 4.35. The summed E-state index contributed by atoms with van der Waals surface area (Å²) in [5.74, 6) is 0. The molecule has 1 N–H and O–H groups in total. The van der Waals surface area contributed by atoms with E-state index in [4.69, 9.17) is 11.6 Å². The lowest BCUT2D eigenvalue weighted by Gasteiger charge is -2.08. The molecule has 0 fully saturated rings. The molecule has 0 aromatic carbocycles. The predicted octanol–water partition coefficient (Wildman–Crippen LogP) is 0.769. The summed E-state index contributed by atoms with van der Waals surface area (Å²) in [6.45, 7) is -2.10. The van der Waals surface area contributed by atoms with Crippen LogP contribution < -0.4 is 11.2 Å². The fourth-order valence-electron chi connectivity index (χ4n) is 1.05. The topological polar surface area (TPSA) is 64.1 Å². The van der Waals surface area contributed by atoms with Crippen molar-refractivity contribution in [1.82, 2.24) is 9.55 Å². The summed E-state index contributed by atoms with van der Waals surface area (Å²) >= 11 is 5.39. The van der Waals surface area contributed by atoms with E-state index in [0.717, 1.165) is 6.07 Å². The molecule has 1 aromatic heterocycles. The first kappa shape index (κ1) is 13.8. The number of hydrogen-bond acceptors (Lipinski definition) is 3. The van der Waals surface area contributed by atoms with Gasteiger partial charge in [0.15, 0.2) is 0 Å². The zero-order chi connectivity index (χ0) is 13.1. The summed E-state index contributed by atoms with van der Waals surface area (Å²) in [5, 5.41) is -0.132. The third-order valence-electron chi connectivity index (χ3n) is 1.71. The maximum Gasteiger partial charge on any atom is 0.411 e. The van der Waals surface area contributed by atoms with E-state index in [1.165, 1.54) is 0 Å². The fourth-order valence-corrected chi connectivity index (χ4v) is 1.22. The molecule has 0 bridgehead atoms. The molecule has 5 nitrogen and oxygen atoms in total. The van der Waals surface area contributed by atoms with Gasteiger partial charge in [-0.2, -0.15) is 13.2 Å². The Bertz CT molecular complexity index is 463. The van der Waals surface area contributed by atoms with Crippen LogP contribution in [0.15, 0.2) is 15.7 Å². The van der Waals surface area contributed by atoms with Crippen molar-refractivity contribution in [3.05, 3.63) is 32.1 Å². The van der Waals surface area contributed by atoms with Gasteiger partial charge in [-0.15, -0.1) is 0 Å². The van der Waals surface area contributed by atoms with E-state index in [1.807, 2.05) is 0 Å². The van der Waals surface area contributed by atoms with Gasteiger partial charge in [-0.1, -0.05) is 11.6 Å². The molecule has 17 heavy (non-hydrogen) atoms. The normalized spacial score (nSPS) is 11.8. The summed E-state index contributed by atoms with van der Waals surface area (Å²) in [6, 6.07) is 0.951. The molecular weight excluding hydrogens is 265 g/mol. The van der Waals surface area contributed by atoms with Crippen molar-refractivity contribution >= 4 is 11.6 Å². The molecule has 0 saturated carbocycles. The highest BCUT2D eigenvalue weighted by Crippen LogP contribution is 2.14. The van der Waals surface area contributed by atoms with Crippen molar-refractivity contribution in [1.29, 1.82) is 0 Å². The number of aromatic nitrogens is 2. The van der Waals surface area contributed by atoms with Gasteiger partial charge in [0.2, 0.25) is 0 Å². The monoisotopic (exact) mass is 272 g/mol. The highest BCUT2D eigenvalue weighted by molar-refractivity contribution is 6.29. The van der Waals surface area contributed by atoms with E-state index in [-0.39, 0.29) is 11.7 Å². The van der Waals surface area contributed by atoms with Gasteiger partial charge in [-0.05, 0) is 0 Å². The second kappa shape index (κ2) is 5.37. The summed E-state index contributed by atoms with van der Waals surface area (Å²) in [6.07, 6.45) is -4.43. The van der Waals surface area contributed by atoms with Gasteiger partial charge in [-0.25, -0.2) is 4.79 Å². The van der Waals surface area contributed by atoms with Crippen LogP contribution in [0, 0.1) is 0 Å². The van der Waals surface area contributed by atoms with Crippen molar-refractivity contribution in [2.24, 2.45) is 0 Å². The predicted molar refractivity (Wildman–Crippen MR) is 53.2 cm³/mol. The third-order valence-corrected chi connectivity index (χ3v) is 1.92. The molecule has 0 amide bonds. The van der Waals surface area contributed by atoms with Gasteiger partial charge in [0.25, 0.3) is 5.56 Å². The van der Waals surface area contributed by atoms with E-state index in [9.17, 15) is 22.8 Å². The second-order valence-electron chi connectivity index (χ2n) is 3.08. The molecule has 0 aliphatic heterocycles. The van der Waals surface area contributed by atoms with E-state index in [0.29, 0.717) is 4.57 Å². The van der Waals surface area contributed by atoms with Crippen molar-refractivity contribution in [3.8, 4) is 0 Å². The van der Waals surface area contributed by atoms with Crippen LogP contribution in [0.4, 0.5) is 13.2 Å². The highest BCUT2D eigenvalue weighted by atomic mass is 35.5. The number of ether oxygens (including phenoxy) is 1. The average Bonchev–Trinajstić information content (AvgIpc) is 2.13. The molecule has 0 aliphatic rings. The lowest BCUT2D eigenvalue weighted by molar-refractivity contribution is -0.174. The summed E-state index contributed by atoms with van der Waals surface area (Å²) in [5.41, 5.74) is -1.49. The van der Waals surface area contributed by atoms with Crippen LogP contribution in [0.3, 0.4) is 0 Å². The molecule has 0 saturated heterocycles. The van der Waals surface area contributed by atoms with Crippen LogP contribution in [0.25, 0.3) is 0 Å². The summed E-state index contributed by atoms with van der Waals surface area (Å²) in [4.78, 5) is 24.6. The standard InChI is InChI=1S/C8H8ClF3N2O3/c9-5-3-6(15)14(7(16)13-5)1-2-17-4-8(10,11)12/h3H,1-2,4H2,(H,13,16). The van der Waals surface area contributed by atoms with E-state index in [2.05, 4.69) is 9.72 Å². The van der Waals surface area contributed by atoms with Crippen molar-refractivity contribution < 1.29 is 17.9 Å². The minimum Gasteiger partial charge on any atom is -0.370 e. The maximum atomic E-state index is 11.7. The number of halogens is 4. The van der Waals surface area contributed by atoms with Gasteiger partial charge in [0.1, 0.15) is 11.8 Å². The zero-order valence-corrected chi connectivity index (χ0v) is 9.14. The fraction of sp³-hybridized carbons (Fsp3) is 0.500. The van der Waals surface area contributed by atoms with Crippen LogP contribution >= 0.6 is 11.6 Å². The van der Waals surface area contributed by atoms with Crippen LogP contribution in [0.2, 0.25) is 5.15 Å². The van der Waals surface area contributed by atoms with Crippen molar-refractivity contribution in [2.75, 3.05) is 13.2 Å². The third kappa shape index (κ3) is 4.61. The second-order valence-corrected chi connectivity index (χ2v) is 3.49. The smallest absolute Gasteiger partial charge is 0.370 e. The Morgan fingerprint density at radius 3 is 2.59 bits per heavy atom. The van der Waals surface area contributed by atoms with Gasteiger partial charge in [0, 0.05) is 6.07 Å². The first-order valence-electron chi connectivity index (χ1n) is 4.44. The first-order chi connectivity index (χ1) is 7.79. The number of rotatable bonds is 4. The minimum absolute atomic E-state index is 0.132. The molecule has 1 heterocycles. The SMILES string of the molecule is O=c1cc(Cl)[nH]c(=O)n1CCOCC(F)(F)F. The van der Waals surface area contributed by atoms with E-state index >= 15 is 0 Å². The van der Waals surface area contributed by atoms with Crippen molar-refractivity contribution in [3.63, 3.8) is 0 Å². The maximum absolute atomic E-state index is 11.7. The number of alkyl halides is 3. The Hall–Kier alpha value is -1.28. The molecule has 0 atom stereocenters. The molecule has 96 valence electrons. The quantitative estimate of drug-likeness (QED) is 0.650. The van der Waals surface area contributed by atoms with E-state index < -0.39 is 30.6 Å². The van der Waals surface area contributed by atoms with Gasteiger partial charge < -0.3 is 4.74 Å². The lowest BCUT2D eigenvalue weighted by Crippen LogP contribution is -2.36. The van der Waals surface area contributed by atoms with Gasteiger partial charge >= 0.3 is 11.9 Å². The Morgan fingerprint density at radius 1 is 1.41 bits per heavy atom. The highest BCUT2D eigenvalue weighted by Gasteiger charge is 2.27. The molecule has 0 aliphatic carbocycles. The molecule has 1 rings (SSSR count). The summed E-state index contributed by atoms with van der Waals surface area (Å²) in [7, 11) is 0. The lowest BCUT2D eigenvalue weighted by atomic mass is 10.5. The largest absolute Gasteiger partial charge is 0.411 e. The van der Waals surface area contributed by atoms with Crippen LogP contribution in [0.5, 0.6) is 0 Å². The number of H-pyrrole nitrogens is 1. The van der Waals surface area contributed by atoms with Crippen LogP contribution in [0.1, 0.15) is 0 Å². The van der Waals surface area contributed by atoms with Crippen LogP contribution in [-0.2, 0) is 11.3 Å². The van der Waals surface area contributed by atoms with E-state index in [1.54, 1.807) is 0 Å². The number of hydrogen-bond donors (Lipinski definition) is 1. The van der Waals surface area contributed by atoms with Crippen molar-refractivity contribution in [2.45, 2.75) is 12.7 Å². The Labute approximate surface area is 97.8 Å². The summed E-state index contributed by atoms with van der Waals surface area (Å²) < 4.78 is 40.1.